The first-order valence-electron chi connectivity index (χ1n) is 7.97. The Morgan fingerprint density at radius 1 is 1.41 bits per heavy atom. The zero-order valence-electron chi connectivity index (χ0n) is 13.2. The molecule has 5 nitrogen and oxygen atoms in total. The van der Waals surface area contributed by atoms with Crippen LogP contribution in [0.4, 0.5) is 5.69 Å². The Morgan fingerprint density at radius 3 is 2.95 bits per heavy atom. The average Bonchev–Trinajstić information content (AvgIpc) is 2.48. The average molecular weight is 303 g/mol. The molecule has 1 atom stereocenters. The quantitative estimate of drug-likeness (QED) is 0.846. The molecule has 0 spiro atoms. The highest BCUT2D eigenvalue weighted by Gasteiger charge is 2.18. The highest BCUT2D eigenvalue weighted by Crippen LogP contribution is 2.17. The lowest BCUT2D eigenvalue weighted by Crippen LogP contribution is -2.34. The zero-order valence-corrected chi connectivity index (χ0v) is 13.2. The molecule has 0 aromatic heterocycles. The normalized spacial score (nSPS) is 16.5. The number of carbonyl (C=O) groups is 2. The Balaban J connectivity index is 1.91. The molecule has 3 N–H and O–H groups in total. The Hall–Kier alpha value is -1.88. The second kappa shape index (κ2) is 7.94. The van der Waals surface area contributed by atoms with Gasteiger partial charge < -0.3 is 16.0 Å². The maximum atomic E-state index is 11.9. The highest BCUT2D eigenvalue weighted by atomic mass is 16.2. The summed E-state index contributed by atoms with van der Waals surface area (Å²) in [5.41, 5.74) is 7.47. The molecule has 1 aromatic rings. The number of amides is 2. The molecule has 2 amide bonds. The number of piperidine rings is 1. The number of nitrogens with two attached hydrogens (primary N) is 1. The number of rotatable bonds is 6. The van der Waals surface area contributed by atoms with E-state index in [1.165, 1.54) is 0 Å². The summed E-state index contributed by atoms with van der Waals surface area (Å²) >= 11 is 0. The Morgan fingerprint density at radius 2 is 2.23 bits per heavy atom. The minimum absolute atomic E-state index is 0.0245. The van der Waals surface area contributed by atoms with Crippen molar-refractivity contribution in [3.05, 3.63) is 29.8 Å². The Labute approximate surface area is 131 Å². The van der Waals surface area contributed by atoms with E-state index in [4.69, 9.17) is 5.73 Å². The van der Waals surface area contributed by atoms with Crippen molar-refractivity contribution in [1.29, 1.82) is 0 Å². The standard InChI is InChI=1S/C17H25N3O2/c1-13(18)8-9-16(21)19-15-6-4-5-14(11-15)12-20-10-3-2-7-17(20)22/h4-6,11,13H,2-3,7-10,12,18H2,1H3,(H,19,21). The second-order valence-electron chi connectivity index (χ2n) is 6.04. The number of nitrogens with zero attached hydrogens (tertiary/aromatic N) is 1. The van der Waals surface area contributed by atoms with Crippen LogP contribution in [0, 0.1) is 0 Å². The van der Waals surface area contributed by atoms with Crippen molar-refractivity contribution in [3.8, 4) is 0 Å². The number of benzene rings is 1. The van der Waals surface area contributed by atoms with Crippen molar-refractivity contribution in [2.24, 2.45) is 5.73 Å². The van der Waals surface area contributed by atoms with Crippen molar-refractivity contribution in [2.75, 3.05) is 11.9 Å². The van der Waals surface area contributed by atoms with Crippen LogP contribution >= 0.6 is 0 Å². The molecular weight excluding hydrogens is 278 g/mol. The third-order valence-electron chi connectivity index (χ3n) is 3.83. The third-order valence-corrected chi connectivity index (χ3v) is 3.83. The molecule has 5 heteroatoms. The SMILES string of the molecule is CC(N)CCC(=O)Nc1cccc(CN2CCCCC2=O)c1. The minimum Gasteiger partial charge on any atom is -0.338 e. The van der Waals surface area contributed by atoms with Crippen molar-refractivity contribution in [2.45, 2.75) is 51.6 Å². The van der Waals surface area contributed by atoms with Gasteiger partial charge in [-0.15, -0.1) is 0 Å². The van der Waals surface area contributed by atoms with E-state index >= 15 is 0 Å². The van der Waals surface area contributed by atoms with E-state index in [2.05, 4.69) is 5.32 Å². The van der Waals surface area contributed by atoms with Gasteiger partial charge in [0.2, 0.25) is 11.8 Å². The molecule has 0 aliphatic carbocycles. The van der Waals surface area contributed by atoms with E-state index in [1.54, 1.807) is 0 Å². The Bertz CT molecular complexity index is 528. The predicted molar refractivity (Wildman–Crippen MR) is 87.2 cm³/mol. The molecule has 2 rings (SSSR count). The monoisotopic (exact) mass is 303 g/mol. The van der Waals surface area contributed by atoms with E-state index in [-0.39, 0.29) is 17.9 Å². The summed E-state index contributed by atoms with van der Waals surface area (Å²) < 4.78 is 0. The van der Waals surface area contributed by atoms with Gasteiger partial charge in [0, 0.05) is 37.7 Å². The van der Waals surface area contributed by atoms with Gasteiger partial charge in [-0.2, -0.15) is 0 Å². The van der Waals surface area contributed by atoms with Gasteiger partial charge >= 0.3 is 0 Å². The van der Waals surface area contributed by atoms with Gasteiger partial charge in [0.25, 0.3) is 0 Å². The molecule has 120 valence electrons. The van der Waals surface area contributed by atoms with Gasteiger partial charge in [0.15, 0.2) is 0 Å². The lowest BCUT2D eigenvalue weighted by molar-refractivity contribution is -0.133. The maximum Gasteiger partial charge on any atom is 0.224 e. The summed E-state index contributed by atoms with van der Waals surface area (Å²) in [6.45, 7) is 3.33. The molecule has 22 heavy (non-hydrogen) atoms. The van der Waals surface area contributed by atoms with Gasteiger partial charge in [-0.05, 0) is 43.9 Å². The van der Waals surface area contributed by atoms with Crippen LogP contribution in [0.25, 0.3) is 0 Å². The summed E-state index contributed by atoms with van der Waals surface area (Å²) in [5, 5.41) is 2.89. The van der Waals surface area contributed by atoms with Gasteiger partial charge in [-0.3, -0.25) is 9.59 Å². The predicted octanol–water partition coefficient (Wildman–Crippen LogP) is 2.27. The number of likely N-dealkylation sites (tertiary alicyclic amines) is 1. The summed E-state index contributed by atoms with van der Waals surface area (Å²) in [6, 6.07) is 7.73. The van der Waals surface area contributed by atoms with Crippen LogP contribution in [0.1, 0.15) is 44.6 Å². The van der Waals surface area contributed by atoms with Crippen LogP contribution in [0.2, 0.25) is 0 Å². The number of hydrogen-bond donors (Lipinski definition) is 2. The fourth-order valence-corrected chi connectivity index (χ4v) is 2.58. The van der Waals surface area contributed by atoms with Crippen molar-refractivity contribution >= 4 is 17.5 Å². The Kier molecular flexibility index (Phi) is 5.95. The van der Waals surface area contributed by atoms with E-state index in [9.17, 15) is 9.59 Å². The van der Waals surface area contributed by atoms with E-state index in [1.807, 2.05) is 36.1 Å². The first-order valence-corrected chi connectivity index (χ1v) is 7.97. The van der Waals surface area contributed by atoms with E-state index < -0.39 is 0 Å². The van der Waals surface area contributed by atoms with Crippen LogP contribution in [0.3, 0.4) is 0 Å². The molecule has 1 aliphatic rings. The molecule has 1 fully saturated rings. The largest absolute Gasteiger partial charge is 0.338 e. The summed E-state index contributed by atoms with van der Waals surface area (Å²) in [7, 11) is 0. The minimum atomic E-state index is -0.0245. The van der Waals surface area contributed by atoms with E-state index in [0.29, 0.717) is 25.8 Å². The first-order chi connectivity index (χ1) is 10.5. The summed E-state index contributed by atoms with van der Waals surface area (Å²) in [6.07, 6.45) is 3.80. The number of carbonyl (C=O) groups excluding carboxylic acids is 2. The smallest absolute Gasteiger partial charge is 0.224 e. The van der Waals surface area contributed by atoms with Crippen LogP contribution in [0.5, 0.6) is 0 Å². The van der Waals surface area contributed by atoms with Crippen LogP contribution < -0.4 is 11.1 Å². The van der Waals surface area contributed by atoms with Crippen molar-refractivity contribution in [1.82, 2.24) is 4.90 Å². The molecule has 0 saturated carbocycles. The van der Waals surface area contributed by atoms with E-state index in [0.717, 1.165) is 30.6 Å². The molecule has 1 aliphatic heterocycles. The van der Waals surface area contributed by atoms with Gasteiger partial charge in [0.05, 0.1) is 0 Å². The van der Waals surface area contributed by atoms with Gasteiger partial charge in [0.1, 0.15) is 0 Å². The topological polar surface area (TPSA) is 75.4 Å². The lowest BCUT2D eigenvalue weighted by atomic mass is 10.1. The number of nitrogens with one attached hydrogen (secondary N) is 1. The maximum absolute atomic E-state index is 11.9. The molecule has 1 aromatic carbocycles. The molecule has 1 heterocycles. The molecule has 1 saturated heterocycles. The third kappa shape index (κ3) is 5.15. The molecule has 0 bridgehead atoms. The summed E-state index contributed by atoms with van der Waals surface area (Å²) in [5.74, 6) is 0.195. The lowest BCUT2D eigenvalue weighted by Gasteiger charge is -2.26. The second-order valence-corrected chi connectivity index (χ2v) is 6.04. The van der Waals surface area contributed by atoms with Crippen LogP contribution in [-0.2, 0) is 16.1 Å². The van der Waals surface area contributed by atoms with Crippen molar-refractivity contribution in [3.63, 3.8) is 0 Å². The summed E-state index contributed by atoms with van der Waals surface area (Å²) in [4.78, 5) is 25.6. The first kappa shape index (κ1) is 16.5. The number of hydrogen-bond acceptors (Lipinski definition) is 3. The number of anilines is 1. The van der Waals surface area contributed by atoms with Crippen LogP contribution in [-0.4, -0.2) is 29.3 Å². The zero-order chi connectivity index (χ0) is 15.9. The molecular formula is C17H25N3O2. The van der Waals surface area contributed by atoms with Crippen LogP contribution in [0.15, 0.2) is 24.3 Å². The van der Waals surface area contributed by atoms with Gasteiger partial charge in [-0.25, -0.2) is 0 Å². The van der Waals surface area contributed by atoms with Gasteiger partial charge in [-0.1, -0.05) is 12.1 Å². The molecule has 0 radical (unpaired) electrons. The fraction of sp³-hybridized carbons (Fsp3) is 0.529. The highest BCUT2D eigenvalue weighted by molar-refractivity contribution is 5.90. The fourth-order valence-electron chi connectivity index (χ4n) is 2.58. The van der Waals surface area contributed by atoms with Crippen molar-refractivity contribution < 1.29 is 9.59 Å². The molecule has 1 unspecified atom stereocenters.